The van der Waals surface area contributed by atoms with E-state index in [1.54, 1.807) is 0 Å². The van der Waals surface area contributed by atoms with Gasteiger partial charge in [-0.2, -0.15) is 0 Å². The van der Waals surface area contributed by atoms with Crippen LogP contribution in [0, 0.1) is 13.8 Å². The number of benzene rings is 2. The van der Waals surface area contributed by atoms with Crippen molar-refractivity contribution in [3.63, 3.8) is 0 Å². The maximum absolute atomic E-state index is 12.3. The Hall–Kier alpha value is -2.67. The molecule has 1 atom stereocenters. The number of rotatable bonds is 5. The summed E-state index contributed by atoms with van der Waals surface area (Å²) in [6.45, 7) is 5.23. The average molecular weight is 375 g/mol. The molecule has 6 nitrogen and oxygen atoms in total. The first kappa shape index (κ1) is 19.7. The molecule has 2 aromatic rings. The SMILES string of the molecule is Cc1cccc(C)c1NC(=O)[C@H](C)OC(=O)c1ccc(S(C)(=O)=O)cc1. The molecule has 0 aliphatic carbocycles. The first-order chi connectivity index (χ1) is 12.1. The van der Waals surface area contributed by atoms with Crippen molar-refractivity contribution in [2.24, 2.45) is 0 Å². The van der Waals surface area contributed by atoms with Gasteiger partial charge in [0.25, 0.3) is 5.91 Å². The van der Waals surface area contributed by atoms with Gasteiger partial charge in [0, 0.05) is 11.9 Å². The number of ether oxygens (including phenoxy) is 1. The molecule has 1 N–H and O–H groups in total. The number of hydrogen-bond donors (Lipinski definition) is 1. The second-order valence-corrected chi connectivity index (χ2v) is 8.12. The van der Waals surface area contributed by atoms with Crippen LogP contribution in [0.5, 0.6) is 0 Å². The van der Waals surface area contributed by atoms with Gasteiger partial charge < -0.3 is 10.1 Å². The third-order valence-corrected chi connectivity index (χ3v) is 5.03. The minimum atomic E-state index is -3.34. The summed E-state index contributed by atoms with van der Waals surface area (Å²) in [6.07, 6.45) is 0.0800. The number of carbonyl (C=O) groups is 2. The molecule has 2 rings (SSSR count). The Labute approximate surface area is 153 Å². The highest BCUT2D eigenvalue weighted by atomic mass is 32.2. The van der Waals surface area contributed by atoms with Gasteiger partial charge in [0.2, 0.25) is 0 Å². The Morgan fingerprint density at radius 3 is 2.04 bits per heavy atom. The van der Waals surface area contributed by atoms with Crippen LogP contribution in [0.1, 0.15) is 28.4 Å². The first-order valence-electron chi connectivity index (χ1n) is 7.98. The number of hydrogen-bond acceptors (Lipinski definition) is 5. The lowest BCUT2D eigenvalue weighted by molar-refractivity contribution is -0.123. The highest BCUT2D eigenvalue weighted by molar-refractivity contribution is 7.90. The van der Waals surface area contributed by atoms with Crippen LogP contribution < -0.4 is 5.32 Å². The van der Waals surface area contributed by atoms with Crippen molar-refractivity contribution in [2.75, 3.05) is 11.6 Å². The lowest BCUT2D eigenvalue weighted by Gasteiger charge is -2.16. The maximum Gasteiger partial charge on any atom is 0.338 e. The summed E-state index contributed by atoms with van der Waals surface area (Å²) in [4.78, 5) is 24.6. The number of aryl methyl sites for hydroxylation is 2. The third kappa shape index (κ3) is 4.70. The van der Waals surface area contributed by atoms with Crippen LogP contribution in [0.2, 0.25) is 0 Å². The van der Waals surface area contributed by atoms with Crippen molar-refractivity contribution in [3.8, 4) is 0 Å². The van der Waals surface area contributed by atoms with Gasteiger partial charge in [-0.15, -0.1) is 0 Å². The van der Waals surface area contributed by atoms with Crippen molar-refractivity contribution in [2.45, 2.75) is 31.8 Å². The van der Waals surface area contributed by atoms with Crippen molar-refractivity contribution in [3.05, 3.63) is 59.2 Å². The van der Waals surface area contributed by atoms with Crippen LogP contribution in [0.25, 0.3) is 0 Å². The molecule has 0 saturated carbocycles. The Kier molecular flexibility index (Phi) is 5.82. The number of esters is 1. The summed E-state index contributed by atoms with van der Waals surface area (Å²) in [6, 6.07) is 11.0. The summed E-state index contributed by atoms with van der Waals surface area (Å²) in [5.41, 5.74) is 2.68. The number of carbonyl (C=O) groups excluding carboxylic acids is 2. The van der Waals surface area contributed by atoms with E-state index in [4.69, 9.17) is 4.74 Å². The smallest absolute Gasteiger partial charge is 0.338 e. The van der Waals surface area contributed by atoms with E-state index in [-0.39, 0.29) is 10.5 Å². The van der Waals surface area contributed by atoms with Crippen LogP contribution in [-0.4, -0.2) is 32.7 Å². The van der Waals surface area contributed by atoms with Crippen LogP contribution >= 0.6 is 0 Å². The number of para-hydroxylation sites is 1. The topological polar surface area (TPSA) is 89.5 Å². The number of amides is 1. The maximum atomic E-state index is 12.3. The number of sulfone groups is 1. The molecule has 0 unspecified atom stereocenters. The Balaban J connectivity index is 2.05. The van der Waals surface area contributed by atoms with Gasteiger partial charge in [0.05, 0.1) is 10.5 Å². The van der Waals surface area contributed by atoms with E-state index < -0.39 is 27.8 Å². The zero-order valence-electron chi connectivity index (χ0n) is 15.1. The lowest BCUT2D eigenvalue weighted by atomic mass is 10.1. The second kappa shape index (κ2) is 7.70. The van der Waals surface area contributed by atoms with Crippen molar-refractivity contribution in [1.82, 2.24) is 0 Å². The number of nitrogens with one attached hydrogen (secondary N) is 1. The molecular weight excluding hydrogens is 354 g/mol. The van der Waals surface area contributed by atoms with E-state index in [9.17, 15) is 18.0 Å². The molecule has 0 aliphatic rings. The van der Waals surface area contributed by atoms with Gasteiger partial charge in [-0.1, -0.05) is 18.2 Å². The monoisotopic (exact) mass is 375 g/mol. The van der Waals surface area contributed by atoms with Crippen LogP contribution in [0.4, 0.5) is 5.69 Å². The highest BCUT2D eigenvalue weighted by Gasteiger charge is 2.20. The summed E-state index contributed by atoms with van der Waals surface area (Å²) in [5.74, 6) is -1.14. The third-order valence-electron chi connectivity index (χ3n) is 3.90. The summed E-state index contributed by atoms with van der Waals surface area (Å²) >= 11 is 0. The Bertz CT molecular complexity index is 913. The van der Waals surface area contributed by atoms with Crippen LogP contribution in [0.15, 0.2) is 47.4 Å². The molecule has 0 saturated heterocycles. The van der Waals surface area contributed by atoms with Gasteiger partial charge in [0.1, 0.15) is 0 Å². The van der Waals surface area contributed by atoms with Gasteiger partial charge >= 0.3 is 5.97 Å². The Morgan fingerprint density at radius 1 is 1.00 bits per heavy atom. The molecule has 0 radical (unpaired) electrons. The van der Waals surface area contributed by atoms with E-state index in [0.29, 0.717) is 5.69 Å². The summed E-state index contributed by atoms with van der Waals surface area (Å²) in [7, 11) is -3.34. The molecule has 0 fully saturated rings. The van der Waals surface area contributed by atoms with Gasteiger partial charge in [-0.25, -0.2) is 13.2 Å². The molecule has 7 heteroatoms. The molecule has 0 aromatic heterocycles. The molecule has 1 amide bonds. The highest BCUT2D eigenvalue weighted by Crippen LogP contribution is 2.20. The molecule has 0 spiro atoms. The molecule has 0 aliphatic heterocycles. The fraction of sp³-hybridized carbons (Fsp3) is 0.263. The fourth-order valence-electron chi connectivity index (χ4n) is 2.36. The zero-order valence-corrected chi connectivity index (χ0v) is 15.9. The van der Waals surface area contributed by atoms with Gasteiger partial charge in [-0.3, -0.25) is 4.79 Å². The fourth-order valence-corrected chi connectivity index (χ4v) is 2.99. The average Bonchev–Trinajstić information content (AvgIpc) is 2.57. The van der Waals surface area contributed by atoms with Gasteiger partial charge in [-0.05, 0) is 56.2 Å². The molecule has 0 heterocycles. The summed E-state index contributed by atoms with van der Waals surface area (Å²) in [5, 5.41) is 2.77. The van der Waals surface area contributed by atoms with E-state index in [1.807, 2.05) is 32.0 Å². The van der Waals surface area contributed by atoms with Crippen molar-refractivity contribution in [1.29, 1.82) is 0 Å². The number of anilines is 1. The molecular formula is C19H21NO5S. The molecule has 26 heavy (non-hydrogen) atoms. The minimum absolute atomic E-state index is 0.106. The van der Waals surface area contributed by atoms with Crippen LogP contribution in [0.3, 0.4) is 0 Å². The predicted molar refractivity (Wildman–Crippen MR) is 99.0 cm³/mol. The van der Waals surface area contributed by atoms with E-state index in [2.05, 4.69) is 5.32 Å². The molecule has 2 aromatic carbocycles. The summed E-state index contributed by atoms with van der Waals surface area (Å²) < 4.78 is 28.1. The molecule has 0 bridgehead atoms. The largest absolute Gasteiger partial charge is 0.449 e. The van der Waals surface area contributed by atoms with Crippen molar-refractivity contribution >= 4 is 27.4 Å². The normalized spacial score (nSPS) is 12.3. The minimum Gasteiger partial charge on any atom is -0.449 e. The van der Waals surface area contributed by atoms with E-state index in [1.165, 1.54) is 31.2 Å². The van der Waals surface area contributed by atoms with Crippen molar-refractivity contribution < 1.29 is 22.7 Å². The standard InChI is InChI=1S/C19H21NO5S/c1-12-6-5-7-13(2)17(12)20-18(21)14(3)25-19(22)15-8-10-16(11-9-15)26(4,23)24/h5-11,14H,1-4H3,(H,20,21)/t14-/m0/s1. The Morgan fingerprint density at radius 2 is 1.54 bits per heavy atom. The van der Waals surface area contributed by atoms with E-state index >= 15 is 0 Å². The predicted octanol–water partition coefficient (Wildman–Crippen LogP) is 2.89. The van der Waals surface area contributed by atoms with Gasteiger partial charge in [0.15, 0.2) is 15.9 Å². The zero-order chi connectivity index (χ0) is 19.5. The molecule has 138 valence electrons. The quantitative estimate of drug-likeness (QED) is 0.812. The first-order valence-corrected chi connectivity index (χ1v) is 9.87. The second-order valence-electron chi connectivity index (χ2n) is 6.10. The van der Waals surface area contributed by atoms with E-state index in [0.717, 1.165) is 17.4 Å². The van der Waals surface area contributed by atoms with Crippen LogP contribution in [-0.2, 0) is 19.4 Å². The lowest BCUT2D eigenvalue weighted by Crippen LogP contribution is -2.30.